The summed E-state index contributed by atoms with van der Waals surface area (Å²) in [5.74, 6) is -0.948. The maximum atomic E-state index is 11.0. The molecule has 1 aliphatic rings. The van der Waals surface area contributed by atoms with E-state index in [4.69, 9.17) is 9.84 Å². The Morgan fingerprint density at radius 2 is 2.12 bits per heavy atom. The van der Waals surface area contributed by atoms with Crippen LogP contribution in [-0.2, 0) is 4.74 Å². The first-order valence-corrected chi connectivity index (χ1v) is 5.81. The first-order valence-electron chi connectivity index (χ1n) is 4.93. The monoisotopic (exact) mass is 240 g/mol. The molecule has 1 aromatic rings. The summed E-state index contributed by atoms with van der Waals surface area (Å²) in [7, 11) is 0. The Bertz CT molecular complexity index is 393. The molecule has 0 unspecified atom stereocenters. The molecular formula is C11H12O4S. The van der Waals surface area contributed by atoms with Gasteiger partial charge in [-0.3, -0.25) is 0 Å². The normalized spacial score (nSPS) is 24.6. The number of aromatic carboxylic acids is 1. The second-order valence-corrected chi connectivity index (χ2v) is 4.84. The van der Waals surface area contributed by atoms with E-state index in [0.29, 0.717) is 18.1 Å². The molecule has 0 spiro atoms. The van der Waals surface area contributed by atoms with E-state index >= 15 is 0 Å². The van der Waals surface area contributed by atoms with Gasteiger partial charge in [-0.15, -0.1) is 11.8 Å². The molecule has 0 saturated carbocycles. The lowest BCUT2D eigenvalue weighted by atomic mass is 10.2. The van der Waals surface area contributed by atoms with Crippen molar-refractivity contribution in [1.82, 2.24) is 0 Å². The van der Waals surface area contributed by atoms with Crippen LogP contribution in [0.15, 0.2) is 29.2 Å². The van der Waals surface area contributed by atoms with Crippen molar-refractivity contribution in [3.8, 4) is 0 Å². The summed E-state index contributed by atoms with van der Waals surface area (Å²) in [4.78, 5) is 11.6. The molecule has 1 fully saturated rings. The zero-order valence-electron chi connectivity index (χ0n) is 8.50. The summed E-state index contributed by atoms with van der Waals surface area (Å²) in [6, 6.07) is 6.79. The minimum atomic E-state index is -0.948. The van der Waals surface area contributed by atoms with Crippen molar-refractivity contribution in [3.05, 3.63) is 29.8 Å². The molecule has 0 aromatic heterocycles. The highest BCUT2D eigenvalue weighted by Crippen LogP contribution is 2.31. The van der Waals surface area contributed by atoms with Crippen LogP contribution in [0.1, 0.15) is 10.4 Å². The average molecular weight is 240 g/mol. The average Bonchev–Trinajstić information content (AvgIpc) is 2.65. The molecular weight excluding hydrogens is 228 g/mol. The molecule has 5 heteroatoms. The van der Waals surface area contributed by atoms with Gasteiger partial charge < -0.3 is 14.9 Å². The van der Waals surface area contributed by atoms with Crippen LogP contribution >= 0.6 is 11.8 Å². The Balaban J connectivity index is 2.17. The van der Waals surface area contributed by atoms with E-state index in [1.54, 1.807) is 24.3 Å². The molecule has 1 aliphatic heterocycles. The molecule has 1 saturated heterocycles. The zero-order valence-corrected chi connectivity index (χ0v) is 9.31. The minimum absolute atomic E-state index is 0.0829. The fourth-order valence-electron chi connectivity index (χ4n) is 1.55. The number of benzene rings is 1. The molecule has 1 heterocycles. The fraction of sp³-hybridized carbons (Fsp3) is 0.364. The van der Waals surface area contributed by atoms with Crippen molar-refractivity contribution in [2.75, 3.05) is 13.2 Å². The van der Waals surface area contributed by atoms with Crippen LogP contribution in [0.3, 0.4) is 0 Å². The minimum Gasteiger partial charge on any atom is -0.478 e. The standard InChI is InChI=1S/C11H12O4S/c12-8-5-15-6-10(8)16-9-4-2-1-3-7(9)11(13)14/h1-4,8,10,12H,5-6H2,(H,13,14)/t8-,10-/m1/s1. The van der Waals surface area contributed by atoms with E-state index in [1.165, 1.54) is 11.8 Å². The van der Waals surface area contributed by atoms with E-state index in [9.17, 15) is 9.90 Å². The summed E-state index contributed by atoms with van der Waals surface area (Å²) in [5, 5.41) is 18.5. The summed E-state index contributed by atoms with van der Waals surface area (Å²) in [5.41, 5.74) is 0.270. The Morgan fingerprint density at radius 1 is 1.38 bits per heavy atom. The van der Waals surface area contributed by atoms with Crippen molar-refractivity contribution in [3.63, 3.8) is 0 Å². The lowest BCUT2D eigenvalue weighted by Gasteiger charge is -2.13. The van der Waals surface area contributed by atoms with Gasteiger partial charge in [0, 0.05) is 4.90 Å². The van der Waals surface area contributed by atoms with Crippen molar-refractivity contribution in [1.29, 1.82) is 0 Å². The predicted octanol–water partition coefficient (Wildman–Crippen LogP) is 1.24. The predicted molar refractivity (Wildman–Crippen MR) is 59.9 cm³/mol. The van der Waals surface area contributed by atoms with Crippen LogP contribution in [0.2, 0.25) is 0 Å². The van der Waals surface area contributed by atoms with Gasteiger partial charge in [0.25, 0.3) is 0 Å². The molecule has 2 N–H and O–H groups in total. The number of aliphatic hydroxyl groups is 1. The fourth-order valence-corrected chi connectivity index (χ4v) is 2.71. The molecule has 16 heavy (non-hydrogen) atoms. The van der Waals surface area contributed by atoms with Crippen LogP contribution in [-0.4, -0.2) is 40.8 Å². The van der Waals surface area contributed by atoms with Gasteiger partial charge >= 0.3 is 5.97 Å². The van der Waals surface area contributed by atoms with Crippen molar-refractivity contribution in [2.24, 2.45) is 0 Å². The summed E-state index contributed by atoms with van der Waals surface area (Å²) < 4.78 is 5.12. The topological polar surface area (TPSA) is 66.8 Å². The number of carboxylic acids is 1. The van der Waals surface area contributed by atoms with Gasteiger partial charge in [0.05, 0.1) is 30.1 Å². The third kappa shape index (κ3) is 2.37. The molecule has 0 amide bonds. The van der Waals surface area contributed by atoms with Crippen LogP contribution in [0, 0.1) is 0 Å². The second kappa shape index (κ2) is 4.86. The van der Waals surface area contributed by atoms with E-state index < -0.39 is 12.1 Å². The molecule has 2 rings (SSSR count). The number of carbonyl (C=O) groups is 1. The molecule has 0 radical (unpaired) electrons. The highest BCUT2D eigenvalue weighted by molar-refractivity contribution is 8.00. The van der Waals surface area contributed by atoms with Gasteiger partial charge in [-0.05, 0) is 12.1 Å². The van der Waals surface area contributed by atoms with Gasteiger partial charge in [0.15, 0.2) is 0 Å². The van der Waals surface area contributed by atoms with E-state index in [2.05, 4.69) is 0 Å². The maximum absolute atomic E-state index is 11.0. The quantitative estimate of drug-likeness (QED) is 0.832. The third-order valence-corrected chi connectivity index (χ3v) is 3.76. The van der Waals surface area contributed by atoms with Gasteiger partial charge in [-0.1, -0.05) is 12.1 Å². The van der Waals surface area contributed by atoms with Gasteiger partial charge in [-0.25, -0.2) is 4.79 Å². The SMILES string of the molecule is O=C(O)c1ccccc1S[C@@H]1COC[C@H]1O. The van der Waals surface area contributed by atoms with E-state index in [-0.39, 0.29) is 10.8 Å². The third-order valence-electron chi connectivity index (χ3n) is 2.40. The lowest BCUT2D eigenvalue weighted by Crippen LogP contribution is -2.20. The number of thioether (sulfide) groups is 1. The van der Waals surface area contributed by atoms with Crippen LogP contribution < -0.4 is 0 Å². The molecule has 86 valence electrons. The number of hydrogen-bond acceptors (Lipinski definition) is 4. The number of hydrogen-bond donors (Lipinski definition) is 2. The van der Waals surface area contributed by atoms with Crippen LogP contribution in [0.25, 0.3) is 0 Å². The molecule has 4 nitrogen and oxygen atoms in total. The summed E-state index contributed by atoms with van der Waals surface area (Å²) >= 11 is 1.36. The molecule has 1 aromatic carbocycles. The first kappa shape index (κ1) is 11.4. The Kier molecular flexibility index (Phi) is 3.48. The number of rotatable bonds is 3. The second-order valence-electron chi connectivity index (χ2n) is 3.56. The summed E-state index contributed by atoms with van der Waals surface area (Å²) in [6.07, 6.45) is -0.521. The molecule has 0 bridgehead atoms. The largest absolute Gasteiger partial charge is 0.478 e. The van der Waals surface area contributed by atoms with Crippen LogP contribution in [0.5, 0.6) is 0 Å². The first-order chi connectivity index (χ1) is 7.68. The van der Waals surface area contributed by atoms with Gasteiger partial charge in [0.2, 0.25) is 0 Å². The van der Waals surface area contributed by atoms with Gasteiger partial charge in [-0.2, -0.15) is 0 Å². The smallest absolute Gasteiger partial charge is 0.336 e. The summed E-state index contributed by atoms with van der Waals surface area (Å²) in [6.45, 7) is 0.784. The van der Waals surface area contributed by atoms with E-state index in [1.807, 2.05) is 0 Å². The Labute approximate surface area is 97.2 Å². The van der Waals surface area contributed by atoms with E-state index in [0.717, 1.165) is 0 Å². The van der Waals surface area contributed by atoms with Crippen molar-refractivity contribution < 1.29 is 19.7 Å². The number of ether oxygens (including phenoxy) is 1. The van der Waals surface area contributed by atoms with Crippen LogP contribution in [0.4, 0.5) is 0 Å². The van der Waals surface area contributed by atoms with Gasteiger partial charge in [0.1, 0.15) is 0 Å². The zero-order chi connectivity index (χ0) is 11.5. The molecule has 2 atom stereocenters. The van der Waals surface area contributed by atoms with Crippen molar-refractivity contribution >= 4 is 17.7 Å². The number of carboxylic acid groups (broad SMARTS) is 1. The van der Waals surface area contributed by atoms with Crippen molar-refractivity contribution in [2.45, 2.75) is 16.2 Å². The Morgan fingerprint density at radius 3 is 2.75 bits per heavy atom. The lowest BCUT2D eigenvalue weighted by molar-refractivity contribution is 0.0693. The highest BCUT2D eigenvalue weighted by atomic mass is 32.2. The Hall–Kier alpha value is -1.04. The highest BCUT2D eigenvalue weighted by Gasteiger charge is 2.28. The molecule has 0 aliphatic carbocycles. The maximum Gasteiger partial charge on any atom is 0.336 e. The number of aliphatic hydroxyl groups excluding tert-OH is 1.